The number of nitrogen functional groups attached to an aromatic ring is 1. The Morgan fingerprint density at radius 1 is 1.40 bits per heavy atom. The maximum Gasteiger partial charge on any atom is 0.343 e. The van der Waals surface area contributed by atoms with E-state index in [1.54, 1.807) is 6.07 Å². The van der Waals surface area contributed by atoms with E-state index in [2.05, 4.69) is 18.8 Å². The van der Waals surface area contributed by atoms with Crippen molar-refractivity contribution >= 4 is 11.7 Å². The fourth-order valence-corrected chi connectivity index (χ4v) is 2.47. The van der Waals surface area contributed by atoms with Crippen LogP contribution >= 0.6 is 0 Å². The predicted molar refractivity (Wildman–Crippen MR) is 76.7 cm³/mol. The Labute approximate surface area is 119 Å². The van der Waals surface area contributed by atoms with Crippen LogP contribution in [0.2, 0.25) is 0 Å². The van der Waals surface area contributed by atoms with Crippen molar-refractivity contribution in [1.82, 2.24) is 4.98 Å². The lowest BCUT2D eigenvalue weighted by molar-refractivity contribution is 0.0578. The molecule has 0 aromatic carbocycles. The Morgan fingerprint density at radius 2 is 2.05 bits per heavy atom. The van der Waals surface area contributed by atoms with Crippen LogP contribution in [-0.2, 0) is 4.74 Å². The number of nitrogens with two attached hydrogens (primary N) is 1. The number of hydrogen-bond donors (Lipinski definition) is 1. The van der Waals surface area contributed by atoms with E-state index < -0.39 is 5.97 Å². The van der Waals surface area contributed by atoms with E-state index in [-0.39, 0.29) is 11.7 Å². The molecule has 0 bridgehead atoms. The number of aromatic nitrogens is 1. The lowest BCUT2D eigenvalue weighted by Crippen LogP contribution is -2.29. The van der Waals surface area contributed by atoms with Crippen LogP contribution in [0.5, 0.6) is 5.88 Å². The van der Waals surface area contributed by atoms with E-state index in [1.807, 2.05) is 0 Å². The molecule has 1 aromatic rings. The molecule has 0 unspecified atom stereocenters. The van der Waals surface area contributed by atoms with E-state index in [4.69, 9.17) is 15.2 Å². The number of carbonyl (C=O) groups is 1. The van der Waals surface area contributed by atoms with Crippen molar-refractivity contribution in [3.8, 4) is 5.88 Å². The molecule has 1 saturated carbocycles. The first-order valence-corrected chi connectivity index (χ1v) is 6.92. The van der Waals surface area contributed by atoms with Gasteiger partial charge in [0.05, 0.1) is 19.0 Å². The lowest BCUT2D eigenvalue weighted by atomic mass is 9.76. The maximum atomic E-state index is 11.7. The Bertz CT molecular complexity index is 490. The summed E-state index contributed by atoms with van der Waals surface area (Å²) >= 11 is 0. The third kappa shape index (κ3) is 3.40. The fourth-order valence-electron chi connectivity index (χ4n) is 2.47. The summed E-state index contributed by atoms with van der Waals surface area (Å²) in [6.45, 7) is 4.54. The highest BCUT2D eigenvalue weighted by Crippen LogP contribution is 2.36. The fraction of sp³-hybridized carbons (Fsp3) is 0.600. The first-order valence-electron chi connectivity index (χ1n) is 6.92. The number of methoxy groups -OCH3 is 1. The molecule has 20 heavy (non-hydrogen) atoms. The molecule has 0 radical (unpaired) electrons. The molecule has 0 saturated heterocycles. The van der Waals surface area contributed by atoms with Gasteiger partial charge in [-0.25, -0.2) is 9.78 Å². The van der Waals surface area contributed by atoms with Crippen LogP contribution in [0, 0.1) is 5.41 Å². The van der Waals surface area contributed by atoms with Gasteiger partial charge in [0.15, 0.2) is 0 Å². The summed E-state index contributed by atoms with van der Waals surface area (Å²) in [4.78, 5) is 15.9. The van der Waals surface area contributed by atoms with E-state index in [9.17, 15) is 4.79 Å². The van der Waals surface area contributed by atoms with Crippen molar-refractivity contribution < 1.29 is 14.3 Å². The minimum atomic E-state index is -0.476. The monoisotopic (exact) mass is 278 g/mol. The van der Waals surface area contributed by atoms with Gasteiger partial charge in [0.1, 0.15) is 11.7 Å². The molecular formula is C15H22N2O3. The molecule has 0 atom stereocenters. The summed E-state index contributed by atoms with van der Waals surface area (Å²) in [5.41, 5.74) is 6.75. The molecule has 1 fully saturated rings. The van der Waals surface area contributed by atoms with E-state index in [0.29, 0.717) is 17.0 Å². The normalized spacial score (nSPS) is 18.6. The summed E-state index contributed by atoms with van der Waals surface area (Å²) < 4.78 is 10.6. The van der Waals surface area contributed by atoms with Crippen molar-refractivity contribution in [2.45, 2.75) is 45.6 Å². The first-order chi connectivity index (χ1) is 9.41. The number of carbonyl (C=O) groups excluding carboxylic acids is 1. The summed E-state index contributed by atoms with van der Waals surface area (Å²) in [5.74, 6) is -0.160. The standard InChI is InChI=1S/C15H22N2O3/c1-15(2)6-4-11(5-7-15)20-13-12(14(18)19-3)8-10(16)9-17-13/h8-9,11H,4-7,16H2,1-3H3. The SMILES string of the molecule is COC(=O)c1cc(N)cnc1OC1CCC(C)(C)CC1. The van der Waals surface area contributed by atoms with Gasteiger partial charge in [0.25, 0.3) is 0 Å². The Morgan fingerprint density at radius 3 is 2.65 bits per heavy atom. The average Bonchev–Trinajstić information content (AvgIpc) is 2.42. The van der Waals surface area contributed by atoms with Crippen molar-refractivity contribution in [2.24, 2.45) is 5.41 Å². The summed E-state index contributed by atoms with van der Waals surface area (Å²) in [5, 5.41) is 0. The molecule has 5 nitrogen and oxygen atoms in total. The van der Waals surface area contributed by atoms with Crippen LogP contribution in [0.3, 0.4) is 0 Å². The van der Waals surface area contributed by atoms with Crippen LogP contribution < -0.4 is 10.5 Å². The molecule has 1 aromatic heterocycles. The molecule has 1 aliphatic rings. The van der Waals surface area contributed by atoms with Crippen molar-refractivity contribution in [3.05, 3.63) is 17.8 Å². The molecule has 110 valence electrons. The summed E-state index contributed by atoms with van der Waals surface area (Å²) in [7, 11) is 1.33. The Hall–Kier alpha value is -1.78. The van der Waals surface area contributed by atoms with Gasteiger partial charge in [-0.3, -0.25) is 0 Å². The topological polar surface area (TPSA) is 74.4 Å². The zero-order valence-corrected chi connectivity index (χ0v) is 12.3. The molecule has 2 rings (SSSR count). The van der Waals surface area contributed by atoms with E-state index in [0.717, 1.165) is 25.7 Å². The van der Waals surface area contributed by atoms with Crippen LogP contribution in [0.4, 0.5) is 5.69 Å². The van der Waals surface area contributed by atoms with Gasteiger partial charge in [0.2, 0.25) is 5.88 Å². The highest BCUT2D eigenvalue weighted by molar-refractivity contribution is 5.92. The number of esters is 1. The maximum absolute atomic E-state index is 11.7. The van der Waals surface area contributed by atoms with Crippen molar-refractivity contribution in [3.63, 3.8) is 0 Å². The van der Waals surface area contributed by atoms with Gasteiger partial charge < -0.3 is 15.2 Å². The zero-order chi connectivity index (χ0) is 14.8. The van der Waals surface area contributed by atoms with Gasteiger partial charge >= 0.3 is 5.97 Å². The summed E-state index contributed by atoms with van der Waals surface area (Å²) in [6.07, 6.45) is 5.76. The van der Waals surface area contributed by atoms with Gasteiger partial charge in [-0.05, 0) is 37.2 Å². The number of ether oxygens (including phenoxy) is 2. The third-order valence-electron chi connectivity index (χ3n) is 3.84. The number of nitrogens with zero attached hydrogens (tertiary/aromatic N) is 1. The van der Waals surface area contributed by atoms with Crippen LogP contribution in [0.15, 0.2) is 12.3 Å². The minimum Gasteiger partial charge on any atom is -0.474 e. The molecule has 2 N–H and O–H groups in total. The minimum absolute atomic E-state index is 0.0996. The Kier molecular flexibility index (Phi) is 4.16. The number of anilines is 1. The molecule has 0 amide bonds. The second kappa shape index (κ2) is 5.69. The summed E-state index contributed by atoms with van der Waals surface area (Å²) in [6, 6.07) is 1.54. The number of hydrogen-bond acceptors (Lipinski definition) is 5. The van der Waals surface area contributed by atoms with Crippen LogP contribution in [0.1, 0.15) is 49.9 Å². The highest BCUT2D eigenvalue weighted by Gasteiger charge is 2.29. The molecule has 1 heterocycles. The van der Waals surface area contributed by atoms with E-state index in [1.165, 1.54) is 13.3 Å². The van der Waals surface area contributed by atoms with Gasteiger partial charge in [-0.2, -0.15) is 0 Å². The molecular weight excluding hydrogens is 256 g/mol. The predicted octanol–water partition coefficient (Wildman–Crippen LogP) is 2.80. The largest absolute Gasteiger partial charge is 0.474 e. The molecule has 1 aliphatic carbocycles. The molecule has 0 spiro atoms. The second-order valence-electron chi connectivity index (χ2n) is 6.09. The number of rotatable bonds is 3. The molecule has 5 heteroatoms. The van der Waals surface area contributed by atoms with Crippen LogP contribution in [-0.4, -0.2) is 24.2 Å². The van der Waals surface area contributed by atoms with Crippen molar-refractivity contribution in [2.75, 3.05) is 12.8 Å². The van der Waals surface area contributed by atoms with Gasteiger partial charge in [0, 0.05) is 0 Å². The molecule has 0 aliphatic heterocycles. The second-order valence-corrected chi connectivity index (χ2v) is 6.09. The smallest absolute Gasteiger partial charge is 0.343 e. The highest BCUT2D eigenvalue weighted by atomic mass is 16.5. The van der Waals surface area contributed by atoms with E-state index >= 15 is 0 Å². The average molecular weight is 278 g/mol. The number of pyridine rings is 1. The van der Waals surface area contributed by atoms with Gasteiger partial charge in [-0.15, -0.1) is 0 Å². The quantitative estimate of drug-likeness (QED) is 0.860. The lowest BCUT2D eigenvalue weighted by Gasteiger charge is -2.34. The Balaban J connectivity index is 2.11. The zero-order valence-electron chi connectivity index (χ0n) is 12.3. The first kappa shape index (κ1) is 14.6. The van der Waals surface area contributed by atoms with Crippen LogP contribution in [0.25, 0.3) is 0 Å². The third-order valence-corrected chi connectivity index (χ3v) is 3.84. The van der Waals surface area contributed by atoms with Crippen molar-refractivity contribution in [1.29, 1.82) is 0 Å². The van der Waals surface area contributed by atoms with Gasteiger partial charge in [-0.1, -0.05) is 13.8 Å².